The highest BCUT2D eigenvalue weighted by atomic mass is 16.5. The highest BCUT2D eigenvalue weighted by Gasteiger charge is 2.20. The number of nitrogens with zero attached hydrogens (tertiary/aromatic N) is 1. The number of aromatic nitrogens is 1. The number of fused-ring (bicyclic) bond motifs is 1. The van der Waals surface area contributed by atoms with E-state index in [-0.39, 0.29) is 5.56 Å². The Morgan fingerprint density at radius 1 is 0.800 bits per heavy atom. The van der Waals surface area contributed by atoms with Gasteiger partial charge in [-0.15, -0.1) is 0 Å². The summed E-state index contributed by atoms with van der Waals surface area (Å²) in [5.41, 5.74) is 7.45. The number of pyridine rings is 1. The lowest BCUT2D eigenvalue weighted by atomic mass is 10.1. The van der Waals surface area contributed by atoms with Gasteiger partial charge in [0.25, 0.3) is 5.56 Å². The largest absolute Gasteiger partial charge is 0.489 e. The lowest BCUT2D eigenvalue weighted by Gasteiger charge is -2.19. The van der Waals surface area contributed by atoms with Gasteiger partial charge in [0.2, 0.25) is 5.75 Å². The van der Waals surface area contributed by atoms with Crippen LogP contribution < -0.4 is 20.8 Å². The van der Waals surface area contributed by atoms with Crippen molar-refractivity contribution < 1.29 is 9.47 Å². The van der Waals surface area contributed by atoms with Gasteiger partial charge in [0.1, 0.15) is 0 Å². The van der Waals surface area contributed by atoms with Crippen molar-refractivity contribution in [2.75, 3.05) is 18.9 Å². The van der Waals surface area contributed by atoms with E-state index in [0.717, 1.165) is 49.4 Å². The van der Waals surface area contributed by atoms with Crippen LogP contribution in [0.1, 0.15) is 85.0 Å². The highest BCUT2D eigenvalue weighted by molar-refractivity contribution is 5.90. The van der Waals surface area contributed by atoms with E-state index in [1.807, 2.05) is 22.8 Å². The molecule has 0 spiro atoms. The van der Waals surface area contributed by atoms with Crippen LogP contribution >= 0.6 is 0 Å². The summed E-state index contributed by atoms with van der Waals surface area (Å²) in [5, 5.41) is 0.902. The molecule has 1 heterocycles. The normalized spacial score (nSPS) is 11.2. The number of hydrogen-bond acceptors (Lipinski definition) is 4. The molecule has 2 aromatic rings. The molecule has 2 N–H and O–H groups in total. The van der Waals surface area contributed by atoms with Crippen molar-refractivity contribution in [3.8, 4) is 11.5 Å². The Balaban J connectivity index is 2.43. The molecule has 1 aromatic heterocycles. The number of rotatable bonds is 15. The number of ether oxygens (including phenoxy) is 2. The monoisotopic (exact) mass is 416 g/mol. The van der Waals surface area contributed by atoms with Crippen molar-refractivity contribution in [1.29, 1.82) is 0 Å². The van der Waals surface area contributed by atoms with Crippen LogP contribution in [0.2, 0.25) is 0 Å². The zero-order valence-corrected chi connectivity index (χ0v) is 19.2. The predicted molar refractivity (Wildman–Crippen MR) is 127 cm³/mol. The molecule has 168 valence electrons. The standard InChI is InChI=1S/C25H40N2O3/c1-4-7-10-12-16-27-22-19-20(26)14-15-21(22)23(29-17-9-6-3)24(25(27)28)30-18-13-11-8-5-2/h14-15,19H,4-13,16-18,26H2,1-3H3. The number of aryl methyl sites for hydroxylation is 1. The number of anilines is 1. The van der Waals surface area contributed by atoms with Gasteiger partial charge < -0.3 is 19.8 Å². The van der Waals surface area contributed by atoms with Crippen molar-refractivity contribution in [1.82, 2.24) is 4.57 Å². The van der Waals surface area contributed by atoms with Crippen LogP contribution in [-0.2, 0) is 6.54 Å². The molecule has 0 radical (unpaired) electrons. The van der Waals surface area contributed by atoms with Gasteiger partial charge >= 0.3 is 0 Å². The molecule has 5 heteroatoms. The van der Waals surface area contributed by atoms with Gasteiger partial charge in [-0.3, -0.25) is 4.79 Å². The quantitative estimate of drug-likeness (QED) is 0.273. The van der Waals surface area contributed by atoms with Crippen LogP contribution in [0, 0.1) is 0 Å². The van der Waals surface area contributed by atoms with E-state index >= 15 is 0 Å². The topological polar surface area (TPSA) is 66.5 Å². The van der Waals surface area contributed by atoms with Gasteiger partial charge in [0.15, 0.2) is 5.75 Å². The molecule has 5 nitrogen and oxygen atoms in total. The lowest BCUT2D eigenvalue weighted by Crippen LogP contribution is -2.24. The molecule has 0 aliphatic rings. The predicted octanol–water partition coefficient (Wildman–Crippen LogP) is 6.30. The van der Waals surface area contributed by atoms with Gasteiger partial charge in [0, 0.05) is 17.6 Å². The van der Waals surface area contributed by atoms with Gasteiger partial charge in [0.05, 0.1) is 18.7 Å². The molecule has 2 rings (SSSR count). The van der Waals surface area contributed by atoms with Crippen LogP contribution in [0.3, 0.4) is 0 Å². The first-order valence-corrected chi connectivity index (χ1v) is 11.9. The Kier molecular flexibility index (Phi) is 10.6. The second-order valence-corrected chi connectivity index (χ2v) is 8.06. The third-order valence-electron chi connectivity index (χ3n) is 5.43. The molecule has 0 atom stereocenters. The Morgan fingerprint density at radius 2 is 1.43 bits per heavy atom. The zero-order valence-electron chi connectivity index (χ0n) is 19.2. The Morgan fingerprint density at radius 3 is 2.13 bits per heavy atom. The minimum Gasteiger partial charge on any atom is -0.489 e. The van der Waals surface area contributed by atoms with Gasteiger partial charge in [-0.05, 0) is 37.5 Å². The van der Waals surface area contributed by atoms with Gasteiger partial charge in [-0.1, -0.05) is 65.7 Å². The Hall–Kier alpha value is -2.17. The smallest absolute Gasteiger partial charge is 0.297 e. The molecule has 0 saturated heterocycles. The van der Waals surface area contributed by atoms with Crippen molar-refractivity contribution in [2.45, 2.75) is 91.5 Å². The van der Waals surface area contributed by atoms with E-state index in [2.05, 4.69) is 20.8 Å². The minimum atomic E-state index is -0.105. The van der Waals surface area contributed by atoms with E-state index in [9.17, 15) is 4.79 Å². The molecule has 0 amide bonds. The molecule has 30 heavy (non-hydrogen) atoms. The molecule has 0 unspecified atom stereocenters. The summed E-state index contributed by atoms with van der Waals surface area (Å²) in [4.78, 5) is 13.4. The number of unbranched alkanes of at least 4 members (excludes halogenated alkanes) is 7. The summed E-state index contributed by atoms with van der Waals surface area (Å²) in [7, 11) is 0. The van der Waals surface area contributed by atoms with Crippen molar-refractivity contribution in [2.24, 2.45) is 0 Å². The SMILES string of the molecule is CCCCCCOc1c(OCCCC)c2ccc(N)cc2n(CCCCCC)c1=O. The number of nitrogens with two attached hydrogens (primary N) is 1. The van der Waals surface area contributed by atoms with Crippen molar-refractivity contribution in [3.63, 3.8) is 0 Å². The van der Waals surface area contributed by atoms with E-state index in [0.29, 0.717) is 36.9 Å². The summed E-state index contributed by atoms with van der Waals surface area (Å²) in [5.74, 6) is 0.930. The third kappa shape index (κ3) is 6.68. The summed E-state index contributed by atoms with van der Waals surface area (Å²) in [6.45, 7) is 8.28. The number of nitrogen functional groups attached to an aromatic ring is 1. The maximum atomic E-state index is 13.4. The fourth-order valence-corrected chi connectivity index (χ4v) is 3.63. The van der Waals surface area contributed by atoms with Gasteiger partial charge in [-0.2, -0.15) is 0 Å². The van der Waals surface area contributed by atoms with Crippen LogP contribution in [-0.4, -0.2) is 17.8 Å². The Labute approximate surface area is 181 Å². The number of benzene rings is 1. The molecule has 0 bridgehead atoms. The van der Waals surface area contributed by atoms with E-state index in [4.69, 9.17) is 15.2 Å². The average molecular weight is 417 g/mol. The fourth-order valence-electron chi connectivity index (χ4n) is 3.63. The number of hydrogen-bond donors (Lipinski definition) is 1. The fraction of sp³-hybridized carbons (Fsp3) is 0.640. The van der Waals surface area contributed by atoms with Crippen molar-refractivity contribution >= 4 is 16.6 Å². The molecule has 0 saturated carbocycles. The third-order valence-corrected chi connectivity index (χ3v) is 5.43. The van der Waals surface area contributed by atoms with Crippen LogP contribution in [0.4, 0.5) is 5.69 Å². The van der Waals surface area contributed by atoms with Crippen LogP contribution in [0.25, 0.3) is 10.9 Å². The van der Waals surface area contributed by atoms with Crippen molar-refractivity contribution in [3.05, 3.63) is 28.6 Å². The highest BCUT2D eigenvalue weighted by Crippen LogP contribution is 2.34. The average Bonchev–Trinajstić information content (AvgIpc) is 2.74. The minimum absolute atomic E-state index is 0.105. The maximum absolute atomic E-state index is 13.4. The molecular weight excluding hydrogens is 376 g/mol. The first kappa shape index (κ1) is 24.1. The molecule has 0 aliphatic carbocycles. The first-order valence-electron chi connectivity index (χ1n) is 11.9. The van der Waals surface area contributed by atoms with E-state index < -0.39 is 0 Å². The first-order chi connectivity index (χ1) is 14.6. The maximum Gasteiger partial charge on any atom is 0.297 e. The summed E-state index contributed by atoms with van der Waals surface area (Å²) in [6.07, 6.45) is 10.8. The summed E-state index contributed by atoms with van der Waals surface area (Å²) < 4.78 is 14.0. The second-order valence-electron chi connectivity index (χ2n) is 8.06. The summed E-state index contributed by atoms with van der Waals surface area (Å²) in [6, 6.07) is 5.71. The van der Waals surface area contributed by atoms with Crippen LogP contribution in [0.5, 0.6) is 11.5 Å². The zero-order chi connectivity index (χ0) is 21.8. The van der Waals surface area contributed by atoms with E-state index in [1.54, 1.807) is 0 Å². The summed E-state index contributed by atoms with van der Waals surface area (Å²) >= 11 is 0. The molecular formula is C25H40N2O3. The van der Waals surface area contributed by atoms with Crippen LogP contribution in [0.15, 0.2) is 23.0 Å². The second kappa shape index (κ2) is 13.2. The molecule has 0 aliphatic heterocycles. The van der Waals surface area contributed by atoms with E-state index in [1.165, 1.54) is 25.7 Å². The molecule has 1 aromatic carbocycles. The lowest BCUT2D eigenvalue weighted by molar-refractivity contribution is 0.258. The van der Waals surface area contributed by atoms with Gasteiger partial charge in [-0.25, -0.2) is 0 Å². The Bertz CT molecular complexity index is 829. The molecule has 0 fully saturated rings.